The highest BCUT2D eigenvalue weighted by molar-refractivity contribution is 14.0. The normalized spacial score (nSPS) is 11.0. The second-order valence-electron chi connectivity index (χ2n) is 5.40. The van der Waals surface area contributed by atoms with Gasteiger partial charge < -0.3 is 19.8 Å². The van der Waals surface area contributed by atoms with E-state index in [0.717, 1.165) is 37.8 Å². The van der Waals surface area contributed by atoms with Gasteiger partial charge in [-0.15, -0.1) is 24.0 Å². The molecule has 0 aliphatic heterocycles. The zero-order valence-corrected chi connectivity index (χ0v) is 17.3. The molecular weight excluding hydrogens is 429 g/mol. The van der Waals surface area contributed by atoms with Gasteiger partial charge in [-0.05, 0) is 37.1 Å². The molecule has 1 aromatic carbocycles. The third-order valence-corrected chi connectivity index (χ3v) is 3.50. The van der Waals surface area contributed by atoms with Gasteiger partial charge in [-0.25, -0.2) is 4.99 Å². The lowest BCUT2D eigenvalue weighted by molar-refractivity contribution is 0.134. The molecule has 0 fully saturated rings. The molecular formula is C19H28IN3O2. The molecule has 2 rings (SSSR count). The van der Waals surface area contributed by atoms with E-state index in [4.69, 9.17) is 9.15 Å². The van der Waals surface area contributed by atoms with Gasteiger partial charge in [0.05, 0.1) is 19.4 Å². The molecule has 2 aromatic rings. The predicted molar refractivity (Wildman–Crippen MR) is 112 cm³/mol. The average Bonchev–Trinajstić information content (AvgIpc) is 3.12. The molecule has 1 aromatic heterocycles. The molecule has 0 aliphatic rings. The van der Waals surface area contributed by atoms with Crippen molar-refractivity contribution in [3.8, 4) is 0 Å². The first-order valence-corrected chi connectivity index (χ1v) is 8.52. The lowest BCUT2D eigenvalue weighted by atomic mass is 10.1. The van der Waals surface area contributed by atoms with Crippen molar-refractivity contribution >= 4 is 29.9 Å². The molecule has 25 heavy (non-hydrogen) atoms. The molecule has 0 aliphatic carbocycles. The molecule has 1 heterocycles. The first kappa shape index (κ1) is 21.5. The number of hydrogen-bond acceptors (Lipinski definition) is 3. The number of benzene rings is 1. The summed E-state index contributed by atoms with van der Waals surface area (Å²) in [6.45, 7) is 7.73. The van der Waals surface area contributed by atoms with Crippen LogP contribution in [0.5, 0.6) is 0 Å². The Bertz CT molecular complexity index is 598. The van der Waals surface area contributed by atoms with Gasteiger partial charge in [0.1, 0.15) is 5.76 Å². The molecule has 0 atom stereocenters. The van der Waals surface area contributed by atoms with Crippen LogP contribution >= 0.6 is 24.0 Å². The van der Waals surface area contributed by atoms with E-state index in [1.165, 1.54) is 11.1 Å². The van der Waals surface area contributed by atoms with Gasteiger partial charge in [-0.3, -0.25) is 0 Å². The number of aliphatic imine (C=N–C) groups is 1. The number of nitrogens with zero attached hydrogens (tertiary/aromatic N) is 1. The van der Waals surface area contributed by atoms with Crippen molar-refractivity contribution < 1.29 is 9.15 Å². The predicted octanol–water partition coefficient (Wildman–Crippen LogP) is 3.73. The third-order valence-electron chi connectivity index (χ3n) is 3.50. The van der Waals surface area contributed by atoms with Gasteiger partial charge in [0.2, 0.25) is 0 Å². The second kappa shape index (κ2) is 12.8. The van der Waals surface area contributed by atoms with Crippen LogP contribution in [0.4, 0.5) is 0 Å². The lowest BCUT2D eigenvalue weighted by Crippen LogP contribution is -2.38. The molecule has 0 saturated heterocycles. The van der Waals surface area contributed by atoms with Crippen LogP contribution in [-0.4, -0.2) is 25.7 Å². The molecule has 6 heteroatoms. The summed E-state index contributed by atoms with van der Waals surface area (Å²) in [5.41, 5.74) is 2.37. The first-order valence-electron chi connectivity index (χ1n) is 8.52. The van der Waals surface area contributed by atoms with E-state index in [2.05, 4.69) is 46.8 Å². The van der Waals surface area contributed by atoms with E-state index in [-0.39, 0.29) is 24.0 Å². The number of nitrogens with one attached hydrogen (secondary N) is 2. The third kappa shape index (κ3) is 8.40. The molecule has 0 amide bonds. The van der Waals surface area contributed by atoms with Crippen molar-refractivity contribution in [1.82, 2.24) is 10.6 Å². The van der Waals surface area contributed by atoms with Gasteiger partial charge in [0.25, 0.3) is 0 Å². The fraction of sp³-hybridized carbons (Fsp3) is 0.421. The van der Waals surface area contributed by atoms with Crippen molar-refractivity contribution in [1.29, 1.82) is 0 Å². The number of rotatable bonds is 9. The molecule has 0 radical (unpaired) electrons. The van der Waals surface area contributed by atoms with Gasteiger partial charge >= 0.3 is 0 Å². The van der Waals surface area contributed by atoms with Gasteiger partial charge in [-0.1, -0.05) is 24.3 Å². The Labute approximate surface area is 167 Å². The van der Waals surface area contributed by atoms with E-state index < -0.39 is 0 Å². The summed E-state index contributed by atoms with van der Waals surface area (Å²) in [6.07, 6.45) is 2.54. The molecule has 138 valence electrons. The highest BCUT2D eigenvalue weighted by atomic mass is 127. The Morgan fingerprint density at radius 2 is 1.84 bits per heavy atom. The van der Waals surface area contributed by atoms with Gasteiger partial charge in [0, 0.05) is 26.1 Å². The van der Waals surface area contributed by atoms with Crippen LogP contribution in [0.2, 0.25) is 0 Å². The fourth-order valence-corrected chi connectivity index (χ4v) is 2.23. The van der Waals surface area contributed by atoms with Crippen LogP contribution in [0, 0.1) is 0 Å². The highest BCUT2D eigenvalue weighted by Gasteiger charge is 2.00. The minimum absolute atomic E-state index is 0. The van der Waals surface area contributed by atoms with Crippen LogP contribution in [0.1, 0.15) is 30.7 Å². The van der Waals surface area contributed by atoms with Crippen LogP contribution < -0.4 is 10.6 Å². The van der Waals surface area contributed by atoms with Crippen molar-refractivity contribution in [2.45, 2.75) is 33.4 Å². The maximum Gasteiger partial charge on any atom is 0.191 e. The van der Waals surface area contributed by atoms with E-state index in [0.29, 0.717) is 13.2 Å². The number of furan rings is 1. The number of halogens is 1. The van der Waals surface area contributed by atoms with Crippen LogP contribution in [0.25, 0.3) is 0 Å². The Morgan fingerprint density at radius 1 is 1.08 bits per heavy atom. The lowest BCUT2D eigenvalue weighted by Gasteiger charge is -2.11. The molecule has 0 spiro atoms. The zero-order chi connectivity index (χ0) is 17.0. The summed E-state index contributed by atoms with van der Waals surface area (Å²) in [5, 5.41) is 6.59. The summed E-state index contributed by atoms with van der Waals surface area (Å²) in [5.74, 6) is 1.80. The largest absolute Gasteiger partial charge is 0.469 e. The van der Waals surface area contributed by atoms with E-state index in [1.807, 2.05) is 19.1 Å². The summed E-state index contributed by atoms with van der Waals surface area (Å²) >= 11 is 0. The van der Waals surface area contributed by atoms with Crippen molar-refractivity contribution in [2.24, 2.45) is 4.99 Å². The maximum atomic E-state index is 5.41. The smallest absolute Gasteiger partial charge is 0.191 e. The van der Waals surface area contributed by atoms with Gasteiger partial charge in [0.15, 0.2) is 5.96 Å². The monoisotopic (exact) mass is 457 g/mol. The summed E-state index contributed by atoms with van der Waals surface area (Å²) < 4.78 is 10.7. The van der Waals surface area contributed by atoms with E-state index >= 15 is 0 Å². The number of ether oxygens (including phenoxy) is 1. The quantitative estimate of drug-likeness (QED) is 0.342. The molecule has 2 N–H and O–H groups in total. The minimum atomic E-state index is 0. The standard InChI is InChI=1S/C19H27N3O2.HI/c1-3-20-19(21-12-11-18-6-5-13-24-18)22-14-16-7-9-17(10-8-16)15-23-4-2;/h5-10,13H,3-4,11-12,14-15H2,1-2H3,(H2,20,21,22);1H. The number of hydrogen-bond donors (Lipinski definition) is 2. The summed E-state index contributed by atoms with van der Waals surface area (Å²) in [7, 11) is 0. The summed E-state index contributed by atoms with van der Waals surface area (Å²) in [6, 6.07) is 12.3. The van der Waals surface area contributed by atoms with Gasteiger partial charge in [-0.2, -0.15) is 0 Å². The van der Waals surface area contributed by atoms with Crippen molar-refractivity contribution in [3.63, 3.8) is 0 Å². The SMILES string of the molecule is CCNC(=NCc1ccc(COCC)cc1)NCCc1ccco1.I. The van der Waals surface area contributed by atoms with Crippen molar-refractivity contribution in [3.05, 3.63) is 59.5 Å². The topological polar surface area (TPSA) is 58.8 Å². The van der Waals surface area contributed by atoms with E-state index in [1.54, 1.807) is 6.26 Å². The fourth-order valence-electron chi connectivity index (χ4n) is 2.23. The highest BCUT2D eigenvalue weighted by Crippen LogP contribution is 2.07. The summed E-state index contributed by atoms with van der Waals surface area (Å²) in [4.78, 5) is 4.63. The Hall–Kier alpha value is -1.54. The Kier molecular flexibility index (Phi) is 11.0. The minimum Gasteiger partial charge on any atom is -0.469 e. The average molecular weight is 457 g/mol. The molecule has 0 saturated carbocycles. The first-order chi connectivity index (χ1) is 11.8. The Morgan fingerprint density at radius 3 is 2.48 bits per heavy atom. The number of guanidine groups is 1. The molecule has 0 unspecified atom stereocenters. The van der Waals surface area contributed by atoms with Crippen LogP contribution in [0.3, 0.4) is 0 Å². The molecule has 0 bridgehead atoms. The van der Waals surface area contributed by atoms with Crippen LogP contribution in [-0.2, 0) is 24.3 Å². The molecule has 5 nitrogen and oxygen atoms in total. The van der Waals surface area contributed by atoms with E-state index in [9.17, 15) is 0 Å². The maximum absolute atomic E-state index is 5.41. The zero-order valence-electron chi connectivity index (χ0n) is 15.0. The van der Waals surface area contributed by atoms with Crippen molar-refractivity contribution in [2.75, 3.05) is 19.7 Å². The second-order valence-corrected chi connectivity index (χ2v) is 5.40. The Balaban J connectivity index is 0.00000312. The van der Waals surface area contributed by atoms with Crippen LogP contribution in [0.15, 0.2) is 52.1 Å².